The van der Waals surface area contributed by atoms with Gasteiger partial charge in [-0.05, 0) is 19.1 Å². The predicted molar refractivity (Wildman–Crippen MR) is 121 cm³/mol. The molecule has 1 saturated heterocycles. The number of oxazole rings is 1. The first kappa shape index (κ1) is 23.1. The largest absolute Gasteiger partial charge is 0.465 e. The molecule has 0 unspecified atom stereocenters. The Morgan fingerprint density at radius 2 is 2.08 bits per heavy atom. The van der Waals surface area contributed by atoms with Gasteiger partial charge >= 0.3 is 6.09 Å². The van der Waals surface area contributed by atoms with Crippen LogP contribution in [0.3, 0.4) is 0 Å². The summed E-state index contributed by atoms with van der Waals surface area (Å²) >= 11 is 0. The van der Waals surface area contributed by atoms with E-state index in [0.29, 0.717) is 16.1 Å². The van der Waals surface area contributed by atoms with Gasteiger partial charge in [-0.1, -0.05) is 0 Å². The summed E-state index contributed by atoms with van der Waals surface area (Å²) in [6.07, 6.45) is 4.04. The zero-order chi connectivity index (χ0) is 25.6. The van der Waals surface area contributed by atoms with Crippen molar-refractivity contribution in [3.05, 3.63) is 48.4 Å². The fraction of sp³-hybridized carbons (Fsp3) is 0.273. The number of halogens is 2. The first-order valence-electron chi connectivity index (χ1n) is 10.8. The number of aryl methyl sites for hydroxylation is 1. The molecule has 36 heavy (non-hydrogen) atoms. The third-order valence-corrected chi connectivity index (χ3v) is 5.86. The number of hydrogen-bond acceptors (Lipinski definition) is 8. The Labute approximate surface area is 201 Å². The molecule has 0 bridgehead atoms. The summed E-state index contributed by atoms with van der Waals surface area (Å²) in [6, 6.07) is 2.40. The van der Waals surface area contributed by atoms with Crippen molar-refractivity contribution in [3.63, 3.8) is 0 Å². The summed E-state index contributed by atoms with van der Waals surface area (Å²) in [7, 11) is 0. The summed E-state index contributed by atoms with van der Waals surface area (Å²) in [6.45, 7) is 0.591. The van der Waals surface area contributed by atoms with Crippen LogP contribution in [0.1, 0.15) is 22.6 Å². The minimum atomic E-state index is -3.18. The molecule has 14 heteroatoms. The van der Waals surface area contributed by atoms with Crippen LogP contribution in [0.5, 0.6) is 0 Å². The second kappa shape index (κ2) is 8.55. The average molecular weight is 498 g/mol. The third kappa shape index (κ3) is 4.16. The molecule has 0 aliphatic carbocycles. The first-order chi connectivity index (χ1) is 17.1. The Bertz CT molecular complexity index is 1470. The topological polar surface area (TPSA) is 165 Å². The van der Waals surface area contributed by atoms with Gasteiger partial charge in [-0.15, -0.1) is 0 Å². The van der Waals surface area contributed by atoms with Gasteiger partial charge in [-0.3, -0.25) is 9.69 Å². The van der Waals surface area contributed by atoms with Crippen LogP contribution < -0.4 is 11.1 Å². The van der Waals surface area contributed by atoms with E-state index in [1.165, 1.54) is 12.5 Å². The number of nitrogens with one attached hydrogen (secondary N) is 1. The Morgan fingerprint density at radius 3 is 2.81 bits per heavy atom. The predicted octanol–water partition coefficient (Wildman–Crippen LogP) is 2.45. The lowest BCUT2D eigenvalue weighted by Crippen LogP contribution is -2.43. The molecular weight excluding hydrogens is 478 g/mol. The van der Waals surface area contributed by atoms with E-state index in [0.717, 1.165) is 5.69 Å². The van der Waals surface area contributed by atoms with Crippen LogP contribution in [0.15, 0.2) is 41.4 Å². The van der Waals surface area contributed by atoms with Crippen molar-refractivity contribution in [2.24, 2.45) is 0 Å². The number of nitrogen functional groups attached to an aromatic ring is 1. The van der Waals surface area contributed by atoms with Crippen molar-refractivity contribution in [1.82, 2.24) is 34.6 Å². The monoisotopic (exact) mass is 498 g/mol. The summed E-state index contributed by atoms with van der Waals surface area (Å²) in [5, 5.41) is 11.7. The number of pyridine rings is 1. The normalized spacial score (nSPS) is 17.0. The molecule has 5 heterocycles. The molecule has 4 N–H and O–H groups in total. The number of carbonyl (C=O) groups excluding carboxylic acids is 1. The molecule has 0 saturated carbocycles. The molecule has 1 fully saturated rings. The van der Waals surface area contributed by atoms with E-state index in [1.807, 2.05) is 11.3 Å². The molecule has 5 rings (SSSR count). The Morgan fingerprint density at radius 1 is 1.28 bits per heavy atom. The van der Waals surface area contributed by atoms with E-state index >= 15 is 0 Å². The van der Waals surface area contributed by atoms with Crippen molar-refractivity contribution in [1.29, 1.82) is 0 Å². The quantitative estimate of drug-likeness (QED) is 0.375. The number of nitrogens with two attached hydrogens (primary N) is 1. The third-order valence-electron chi connectivity index (χ3n) is 5.86. The molecule has 1 aliphatic heterocycles. The number of fused-ring (bicyclic) bond motifs is 1. The number of carbonyl (C=O) groups is 2. The second-order valence-corrected chi connectivity index (χ2v) is 8.37. The molecule has 12 nitrogen and oxygen atoms in total. The lowest BCUT2D eigenvalue weighted by atomic mass is 10.1. The summed E-state index contributed by atoms with van der Waals surface area (Å²) < 4.78 is 34.7. The number of aromatic nitrogens is 5. The maximum Gasteiger partial charge on any atom is 0.407 e. The minimum absolute atomic E-state index is 0.129. The summed E-state index contributed by atoms with van der Waals surface area (Å²) in [4.78, 5) is 42.0. The molecule has 2 amide bonds. The number of likely N-dealkylation sites (tertiary alicyclic amines) is 1. The number of hydrogen-bond donors (Lipinski definition) is 3. The van der Waals surface area contributed by atoms with E-state index in [4.69, 9.17) is 10.2 Å². The Hall–Kier alpha value is -4.62. The van der Waals surface area contributed by atoms with Crippen LogP contribution in [-0.2, 0) is 0 Å². The molecule has 4 aromatic heterocycles. The molecule has 1 aliphatic rings. The first-order valence-corrected chi connectivity index (χ1v) is 10.8. The Balaban J connectivity index is 1.50. The van der Waals surface area contributed by atoms with Gasteiger partial charge in [0, 0.05) is 36.6 Å². The molecule has 186 valence electrons. The number of alkyl halides is 2. The van der Waals surface area contributed by atoms with Gasteiger partial charge in [0.25, 0.3) is 11.8 Å². The zero-order valence-corrected chi connectivity index (χ0v) is 18.9. The van der Waals surface area contributed by atoms with Gasteiger partial charge in [0.15, 0.2) is 17.2 Å². The van der Waals surface area contributed by atoms with E-state index in [9.17, 15) is 23.5 Å². The van der Waals surface area contributed by atoms with Gasteiger partial charge in [0.2, 0.25) is 5.89 Å². The number of carboxylic acid groups (broad SMARTS) is 1. The summed E-state index contributed by atoms with van der Waals surface area (Å²) in [5.74, 6) is -4.08. The van der Waals surface area contributed by atoms with Crippen molar-refractivity contribution in [2.45, 2.75) is 25.3 Å². The van der Waals surface area contributed by atoms with Crippen molar-refractivity contribution in [2.75, 3.05) is 18.8 Å². The highest BCUT2D eigenvalue weighted by atomic mass is 19.3. The fourth-order valence-electron chi connectivity index (χ4n) is 4.15. The molecule has 1 atom stereocenters. The van der Waals surface area contributed by atoms with Crippen LogP contribution in [0.2, 0.25) is 0 Å². The van der Waals surface area contributed by atoms with E-state index in [1.54, 1.807) is 24.5 Å². The average Bonchev–Trinajstić information content (AvgIpc) is 3.56. The Kier molecular flexibility index (Phi) is 5.50. The smallest absolute Gasteiger partial charge is 0.407 e. The highest BCUT2D eigenvalue weighted by Crippen LogP contribution is 2.32. The molecule has 4 aromatic rings. The lowest BCUT2D eigenvalue weighted by molar-refractivity contribution is 0.0126. The SMILES string of the molecule is Cc1cnc2ccc(-c3nc(C(=O)NC[C@@H]4CC(F)(F)CN4C(=O)O)c(N)nc3-c3ncco3)cn12. The van der Waals surface area contributed by atoms with Crippen LogP contribution in [-0.4, -0.2) is 71.4 Å². The van der Waals surface area contributed by atoms with Crippen molar-refractivity contribution in [3.8, 4) is 22.8 Å². The van der Waals surface area contributed by atoms with Crippen LogP contribution in [0.25, 0.3) is 28.5 Å². The summed E-state index contributed by atoms with van der Waals surface area (Å²) in [5.41, 5.74) is 8.34. The number of anilines is 1. The van der Waals surface area contributed by atoms with Gasteiger partial charge in [-0.2, -0.15) is 0 Å². The second-order valence-electron chi connectivity index (χ2n) is 8.37. The highest BCUT2D eigenvalue weighted by Gasteiger charge is 2.47. The zero-order valence-electron chi connectivity index (χ0n) is 18.9. The van der Waals surface area contributed by atoms with E-state index in [-0.39, 0.29) is 35.3 Å². The van der Waals surface area contributed by atoms with Gasteiger partial charge in [0.05, 0.1) is 18.8 Å². The van der Waals surface area contributed by atoms with Gasteiger partial charge in [-0.25, -0.2) is 33.5 Å². The number of rotatable bonds is 5. The number of nitrogens with zero attached hydrogens (tertiary/aromatic N) is 6. The maximum atomic E-state index is 13.8. The highest BCUT2D eigenvalue weighted by molar-refractivity contribution is 5.97. The van der Waals surface area contributed by atoms with E-state index < -0.39 is 36.9 Å². The van der Waals surface area contributed by atoms with Crippen LogP contribution >= 0.6 is 0 Å². The van der Waals surface area contributed by atoms with Gasteiger partial charge in [0.1, 0.15) is 17.6 Å². The van der Waals surface area contributed by atoms with Crippen LogP contribution in [0.4, 0.5) is 19.4 Å². The molecule has 0 aromatic carbocycles. The maximum absolute atomic E-state index is 13.8. The molecule has 0 radical (unpaired) electrons. The number of amides is 2. The van der Waals surface area contributed by atoms with Gasteiger partial charge < -0.3 is 25.0 Å². The fourth-order valence-corrected chi connectivity index (χ4v) is 4.15. The van der Waals surface area contributed by atoms with E-state index in [2.05, 4.69) is 25.3 Å². The van der Waals surface area contributed by atoms with Crippen molar-refractivity contribution >= 4 is 23.5 Å². The minimum Gasteiger partial charge on any atom is -0.465 e. The lowest BCUT2D eigenvalue weighted by Gasteiger charge is -2.20. The number of imidazole rings is 1. The van der Waals surface area contributed by atoms with Crippen molar-refractivity contribution < 1.29 is 27.9 Å². The molecule has 0 spiro atoms. The molecular formula is C22H20F2N8O4. The standard InChI is InChI=1S/C22H20F2N8O4/c1-11-7-27-14-3-2-12(9-31(11)14)15-16(20-26-4-5-36-20)30-18(25)17(29-15)19(33)28-8-13-6-22(23,24)10-32(13)21(34)35/h2-5,7,9,13H,6,8,10H2,1H3,(H2,25,30)(H,28,33)(H,34,35)/t13-/m0/s1. The van der Waals surface area contributed by atoms with Crippen LogP contribution in [0, 0.1) is 6.92 Å².